The van der Waals surface area contributed by atoms with Crippen LogP contribution < -0.4 is 15.4 Å². The molecule has 0 unspecified atom stereocenters. The molecule has 1 aromatic heterocycles. The van der Waals surface area contributed by atoms with Crippen LogP contribution in [0.3, 0.4) is 0 Å². The molecule has 4 aromatic rings. The van der Waals surface area contributed by atoms with E-state index in [2.05, 4.69) is 15.6 Å². The zero-order chi connectivity index (χ0) is 23.9. The van der Waals surface area contributed by atoms with Crippen molar-refractivity contribution in [3.8, 4) is 17.0 Å². The minimum atomic E-state index is -0.159. The number of aryl methyl sites for hydroxylation is 1. The van der Waals surface area contributed by atoms with Crippen molar-refractivity contribution in [2.24, 2.45) is 0 Å². The molecular formula is C26H23N3O3S2. The first-order valence-electron chi connectivity index (χ1n) is 10.5. The van der Waals surface area contributed by atoms with Gasteiger partial charge in [0.05, 0.1) is 18.6 Å². The number of nitrogens with zero attached hydrogens (tertiary/aromatic N) is 1. The molecule has 0 radical (unpaired) electrons. The van der Waals surface area contributed by atoms with Crippen molar-refractivity contribution < 1.29 is 14.3 Å². The van der Waals surface area contributed by atoms with Crippen molar-refractivity contribution in [1.29, 1.82) is 0 Å². The van der Waals surface area contributed by atoms with Crippen LogP contribution in [0.15, 0.2) is 83.1 Å². The standard InChI is InChI=1S/C26H23N3O3S2/c1-17-7-3-4-12-22(17)25(31)27-19-9-6-11-21(14-19)33-16-24(30)29-26-28-23(15-34-26)18-8-5-10-20(13-18)32-2/h3-15H,16H2,1-2H3,(H,27,31)(H,28,29,30). The first-order valence-corrected chi connectivity index (χ1v) is 12.4. The Morgan fingerprint density at radius 2 is 1.82 bits per heavy atom. The Labute approximate surface area is 206 Å². The molecule has 0 spiro atoms. The quantitative estimate of drug-likeness (QED) is 0.292. The minimum absolute atomic E-state index is 0.147. The lowest BCUT2D eigenvalue weighted by Gasteiger charge is -2.09. The summed E-state index contributed by atoms with van der Waals surface area (Å²) in [4.78, 5) is 30.4. The molecule has 0 fully saturated rings. The van der Waals surface area contributed by atoms with Gasteiger partial charge in [0.15, 0.2) is 5.13 Å². The molecule has 0 aliphatic heterocycles. The van der Waals surface area contributed by atoms with E-state index >= 15 is 0 Å². The SMILES string of the molecule is COc1cccc(-c2csc(NC(=O)CSc3cccc(NC(=O)c4ccccc4C)c3)n2)c1. The lowest BCUT2D eigenvalue weighted by Crippen LogP contribution is -2.14. The monoisotopic (exact) mass is 489 g/mol. The molecule has 0 saturated heterocycles. The van der Waals surface area contributed by atoms with E-state index in [1.807, 2.05) is 79.0 Å². The number of carbonyl (C=O) groups excluding carboxylic acids is 2. The van der Waals surface area contributed by atoms with Crippen LogP contribution in [0.5, 0.6) is 5.75 Å². The number of benzene rings is 3. The molecule has 0 aliphatic carbocycles. The van der Waals surface area contributed by atoms with Crippen molar-refractivity contribution in [2.75, 3.05) is 23.5 Å². The van der Waals surface area contributed by atoms with Gasteiger partial charge in [0.2, 0.25) is 5.91 Å². The first kappa shape index (κ1) is 23.5. The number of thioether (sulfide) groups is 1. The summed E-state index contributed by atoms with van der Waals surface area (Å²) >= 11 is 2.77. The van der Waals surface area contributed by atoms with Gasteiger partial charge in [-0.2, -0.15) is 0 Å². The fraction of sp³-hybridized carbons (Fsp3) is 0.115. The Morgan fingerprint density at radius 3 is 2.65 bits per heavy atom. The number of carbonyl (C=O) groups is 2. The van der Waals surface area contributed by atoms with E-state index in [0.29, 0.717) is 16.4 Å². The van der Waals surface area contributed by atoms with Crippen LogP contribution in [0.1, 0.15) is 15.9 Å². The normalized spacial score (nSPS) is 10.5. The lowest BCUT2D eigenvalue weighted by molar-refractivity contribution is -0.113. The zero-order valence-corrected chi connectivity index (χ0v) is 20.3. The summed E-state index contributed by atoms with van der Waals surface area (Å²) in [6.45, 7) is 1.90. The summed E-state index contributed by atoms with van der Waals surface area (Å²) in [6.07, 6.45) is 0. The third-order valence-electron chi connectivity index (χ3n) is 4.97. The van der Waals surface area contributed by atoms with Crippen molar-refractivity contribution in [2.45, 2.75) is 11.8 Å². The van der Waals surface area contributed by atoms with Gasteiger partial charge >= 0.3 is 0 Å². The molecule has 0 aliphatic rings. The fourth-order valence-corrected chi connectivity index (χ4v) is 4.73. The van der Waals surface area contributed by atoms with Gasteiger partial charge in [-0.15, -0.1) is 23.1 Å². The lowest BCUT2D eigenvalue weighted by atomic mass is 10.1. The highest BCUT2D eigenvalue weighted by Gasteiger charge is 2.11. The minimum Gasteiger partial charge on any atom is -0.497 e. The molecule has 1 heterocycles. The highest BCUT2D eigenvalue weighted by atomic mass is 32.2. The summed E-state index contributed by atoms with van der Waals surface area (Å²) in [6, 6.07) is 22.5. The summed E-state index contributed by atoms with van der Waals surface area (Å²) in [5, 5.41) is 8.22. The molecule has 2 N–H and O–H groups in total. The van der Waals surface area contributed by atoms with E-state index < -0.39 is 0 Å². The van der Waals surface area contributed by atoms with Gasteiger partial charge in [-0.3, -0.25) is 9.59 Å². The van der Waals surface area contributed by atoms with Gasteiger partial charge in [-0.05, 0) is 48.9 Å². The molecule has 172 valence electrons. The molecule has 3 aromatic carbocycles. The molecular weight excluding hydrogens is 466 g/mol. The van der Waals surface area contributed by atoms with Crippen LogP contribution in [-0.4, -0.2) is 29.7 Å². The molecule has 0 saturated carbocycles. The maximum absolute atomic E-state index is 12.6. The van der Waals surface area contributed by atoms with Gasteiger partial charge in [0.25, 0.3) is 5.91 Å². The van der Waals surface area contributed by atoms with Crippen LogP contribution in [0.4, 0.5) is 10.8 Å². The third-order valence-corrected chi connectivity index (χ3v) is 6.72. The van der Waals surface area contributed by atoms with Crippen LogP contribution in [0, 0.1) is 6.92 Å². The van der Waals surface area contributed by atoms with Crippen molar-refractivity contribution >= 4 is 45.7 Å². The summed E-state index contributed by atoms with van der Waals surface area (Å²) < 4.78 is 5.26. The average molecular weight is 490 g/mol. The van der Waals surface area contributed by atoms with Crippen LogP contribution >= 0.6 is 23.1 Å². The number of rotatable bonds is 8. The van der Waals surface area contributed by atoms with Crippen molar-refractivity contribution in [3.05, 3.63) is 89.3 Å². The Balaban J connectivity index is 1.32. The van der Waals surface area contributed by atoms with E-state index in [1.165, 1.54) is 23.1 Å². The van der Waals surface area contributed by atoms with Crippen LogP contribution in [-0.2, 0) is 4.79 Å². The van der Waals surface area contributed by atoms with Crippen molar-refractivity contribution in [1.82, 2.24) is 4.98 Å². The second-order valence-electron chi connectivity index (χ2n) is 7.40. The van der Waals surface area contributed by atoms with E-state index in [-0.39, 0.29) is 17.6 Å². The largest absolute Gasteiger partial charge is 0.497 e. The molecule has 6 nitrogen and oxygen atoms in total. The molecule has 2 amide bonds. The van der Waals surface area contributed by atoms with E-state index in [4.69, 9.17) is 4.74 Å². The maximum Gasteiger partial charge on any atom is 0.255 e. The van der Waals surface area contributed by atoms with Crippen LogP contribution in [0.2, 0.25) is 0 Å². The molecule has 0 atom stereocenters. The molecule has 4 rings (SSSR count). The molecule has 0 bridgehead atoms. The summed E-state index contributed by atoms with van der Waals surface area (Å²) in [5.74, 6) is 0.674. The van der Waals surface area contributed by atoms with E-state index in [0.717, 1.165) is 27.5 Å². The first-order chi connectivity index (χ1) is 16.5. The Morgan fingerprint density at radius 1 is 1.00 bits per heavy atom. The number of aromatic nitrogens is 1. The van der Waals surface area contributed by atoms with Gasteiger partial charge in [0.1, 0.15) is 5.75 Å². The number of amides is 2. The predicted molar refractivity (Wildman–Crippen MR) is 139 cm³/mol. The highest BCUT2D eigenvalue weighted by Crippen LogP contribution is 2.28. The third kappa shape index (κ3) is 6.03. The fourth-order valence-electron chi connectivity index (χ4n) is 3.24. The number of anilines is 2. The van der Waals surface area contributed by atoms with Crippen molar-refractivity contribution in [3.63, 3.8) is 0 Å². The Kier molecular flexibility index (Phi) is 7.61. The number of ether oxygens (including phenoxy) is 1. The van der Waals surface area contributed by atoms with Gasteiger partial charge < -0.3 is 15.4 Å². The number of methoxy groups -OCH3 is 1. The summed E-state index contributed by atoms with van der Waals surface area (Å²) in [5.41, 5.74) is 3.94. The molecule has 8 heteroatoms. The van der Waals surface area contributed by atoms with Gasteiger partial charge in [-0.1, -0.05) is 36.4 Å². The van der Waals surface area contributed by atoms with Gasteiger partial charge in [0, 0.05) is 27.1 Å². The topological polar surface area (TPSA) is 80.3 Å². The number of hydrogen-bond donors (Lipinski definition) is 2. The number of hydrogen-bond acceptors (Lipinski definition) is 6. The Bertz CT molecular complexity index is 1320. The van der Waals surface area contributed by atoms with Crippen LogP contribution in [0.25, 0.3) is 11.3 Å². The number of thiazole rings is 1. The second-order valence-corrected chi connectivity index (χ2v) is 9.31. The predicted octanol–water partition coefficient (Wildman–Crippen LogP) is 6.11. The highest BCUT2D eigenvalue weighted by molar-refractivity contribution is 8.00. The van der Waals surface area contributed by atoms with Gasteiger partial charge in [-0.25, -0.2) is 4.98 Å². The maximum atomic E-state index is 12.6. The van der Waals surface area contributed by atoms with E-state index in [9.17, 15) is 9.59 Å². The zero-order valence-electron chi connectivity index (χ0n) is 18.7. The second kappa shape index (κ2) is 11.0. The average Bonchev–Trinajstić information content (AvgIpc) is 3.31. The number of nitrogens with one attached hydrogen (secondary N) is 2. The molecule has 34 heavy (non-hydrogen) atoms. The smallest absolute Gasteiger partial charge is 0.255 e. The summed E-state index contributed by atoms with van der Waals surface area (Å²) in [7, 11) is 1.62. The van der Waals surface area contributed by atoms with E-state index in [1.54, 1.807) is 13.2 Å². The Hall–Kier alpha value is -3.62.